The number of nitrogens with zero attached hydrogens (tertiary/aromatic N) is 4. The molecule has 1 aliphatic heterocycles. The van der Waals surface area contributed by atoms with E-state index in [9.17, 15) is 9.59 Å². The molecular formula is C12H15N5O3S. The maximum absolute atomic E-state index is 12.4. The van der Waals surface area contributed by atoms with Gasteiger partial charge in [-0.25, -0.2) is 9.78 Å². The summed E-state index contributed by atoms with van der Waals surface area (Å²) in [5.41, 5.74) is 5.11. The van der Waals surface area contributed by atoms with Crippen LogP contribution in [0.25, 0.3) is 11.0 Å². The van der Waals surface area contributed by atoms with Gasteiger partial charge < -0.3 is 10.5 Å². The Kier molecular flexibility index (Phi) is 2.97. The first-order valence-electron chi connectivity index (χ1n) is 6.43. The van der Waals surface area contributed by atoms with Crippen LogP contribution in [0.5, 0.6) is 0 Å². The SMILES string of the molecule is CC(C)(C)OC(=O)n1nc2nc3n(c(=O)c2c1N)CCS3. The number of nitrogen functional groups attached to an aromatic ring is 1. The van der Waals surface area contributed by atoms with E-state index >= 15 is 0 Å². The first-order chi connectivity index (χ1) is 9.78. The zero-order valence-electron chi connectivity index (χ0n) is 11.9. The molecule has 0 unspecified atom stereocenters. The first-order valence-corrected chi connectivity index (χ1v) is 7.42. The fourth-order valence-corrected chi connectivity index (χ4v) is 2.99. The molecule has 0 saturated carbocycles. The molecule has 0 aliphatic carbocycles. The standard InChI is InChI=1S/C12H15N5O3S/c1-12(2,3)20-11(19)17-7(13)6-8(15-17)14-10-16(9(6)18)4-5-21-10/h4-5,13H2,1-3H3. The molecule has 1 aliphatic rings. The molecule has 21 heavy (non-hydrogen) atoms. The van der Waals surface area contributed by atoms with Crippen molar-refractivity contribution in [3.05, 3.63) is 10.4 Å². The number of ether oxygens (including phenoxy) is 1. The second-order valence-corrected chi connectivity index (χ2v) is 6.74. The molecule has 0 amide bonds. The van der Waals surface area contributed by atoms with Gasteiger partial charge in [0.1, 0.15) is 16.8 Å². The summed E-state index contributed by atoms with van der Waals surface area (Å²) in [7, 11) is 0. The van der Waals surface area contributed by atoms with Crippen molar-refractivity contribution in [3.63, 3.8) is 0 Å². The highest BCUT2D eigenvalue weighted by molar-refractivity contribution is 7.99. The van der Waals surface area contributed by atoms with Gasteiger partial charge in [-0.1, -0.05) is 11.8 Å². The lowest BCUT2D eigenvalue weighted by Crippen LogP contribution is -2.28. The van der Waals surface area contributed by atoms with Gasteiger partial charge in [0.25, 0.3) is 5.56 Å². The minimum Gasteiger partial charge on any atom is -0.442 e. The molecule has 0 saturated heterocycles. The van der Waals surface area contributed by atoms with Crippen LogP contribution in [0.15, 0.2) is 9.95 Å². The van der Waals surface area contributed by atoms with E-state index in [-0.39, 0.29) is 22.4 Å². The molecule has 112 valence electrons. The van der Waals surface area contributed by atoms with Crippen molar-refractivity contribution in [2.24, 2.45) is 0 Å². The Labute approximate surface area is 124 Å². The van der Waals surface area contributed by atoms with E-state index in [0.29, 0.717) is 11.7 Å². The molecule has 3 heterocycles. The zero-order chi connectivity index (χ0) is 15.4. The number of carbonyl (C=O) groups is 1. The van der Waals surface area contributed by atoms with Crippen LogP contribution in [0.3, 0.4) is 0 Å². The van der Waals surface area contributed by atoms with Crippen molar-refractivity contribution in [1.29, 1.82) is 0 Å². The summed E-state index contributed by atoms with van der Waals surface area (Å²) >= 11 is 1.48. The lowest BCUT2D eigenvalue weighted by Gasteiger charge is -2.19. The largest absolute Gasteiger partial charge is 0.442 e. The van der Waals surface area contributed by atoms with Gasteiger partial charge in [-0.2, -0.15) is 0 Å². The van der Waals surface area contributed by atoms with Crippen molar-refractivity contribution < 1.29 is 9.53 Å². The topological polar surface area (TPSA) is 105 Å². The number of nitrogens with two attached hydrogens (primary N) is 1. The van der Waals surface area contributed by atoms with Gasteiger partial charge in [0.05, 0.1) is 0 Å². The van der Waals surface area contributed by atoms with E-state index < -0.39 is 11.7 Å². The van der Waals surface area contributed by atoms with Gasteiger partial charge in [0.15, 0.2) is 10.8 Å². The van der Waals surface area contributed by atoms with E-state index in [1.165, 1.54) is 11.8 Å². The van der Waals surface area contributed by atoms with Crippen LogP contribution in [0.4, 0.5) is 10.6 Å². The number of carbonyl (C=O) groups excluding carboxylic acids is 1. The number of hydrogen-bond donors (Lipinski definition) is 1. The van der Waals surface area contributed by atoms with Crippen molar-refractivity contribution >= 4 is 34.7 Å². The third-order valence-electron chi connectivity index (χ3n) is 2.91. The molecule has 0 radical (unpaired) electrons. The van der Waals surface area contributed by atoms with Crippen LogP contribution in [0, 0.1) is 0 Å². The van der Waals surface area contributed by atoms with Gasteiger partial charge in [-0.05, 0) is 20.8 Å². The van der Waals surface area contributed by atoms with Crippen LogP contribution < -0.4 is 11.3 Å². The Morgan fingerprint density at radius 3 is 2.81 bits per heavy atom. The third-order valence-corrected chi connectivity index (χ3v) is 3.86. The molecule has 0 spiro atoms. The third kappa shape index (κ3) is 2.27. The van der Waals surface area contributed by atoms with Crippen molar-refractivity contribution in [2.45, 2.75) is 38.1 Å². The first kappa shape index (κ1) is 13.9. The molecule has 8 nitrogen and oxygen atoms in total. The normalized spacial score (nSPS) is 14.4. The summed E-state index contributed by atoms with van der Waals surface area (Å²) < 4.78 is 7.65. The predicted molar refractivity (Wildman–Crippen MR) is 78.6 cm³/mol. The van der Waals surface area contributed by atoms with Crippen LogP contribution in [-0.4, -0.2) is 36.8 Å². The van der Waals surface area contributed by atoms with Gasteiger partial charge >= 0.3 is 6.09 Å². The fraction of sp³-hybridized carbons (Fsp3) is 0.500. The molecular weight excluding hydrogens is 294 g/mol. The maximum atomic E-state index is 12.4. The summed E-state index contributed by atoms with van der Waals surface area (Å²) in [6.45, 7) is 5.80. The Hall–Kier alpha value is -2.03. The second-order valence-electron chi connectivity index (χ2n) is 5.68. The monoisotopic (exact) mass is 309 g/mol. The van der Waals surface area contributed by atoms with Gasteiger partial charge in [-0.15, -0.1) is 9.78 Å². The molecule has 2 aromatic heterocycles. The highest BCUT2D eigenvalue weighted by Gasteiger charge is 2.26. The number of fused-ring (bicyclic) bond motifs is 2. The van der Waals surface area contributed by atoms with E-state index in [1.807, 2.05) is 0 Å². The summed E-state index contributed by atoms with van der Waals surface area (Å²) in [6, 6.07) is 0. The van der Waals surface area contributed by atoms with Crippen molar-refractivity contribution in [3.8, 4) is 0 Å². The van der Waals surface area contributed by atoms with E-state index in [0.717, 1.165) is 10.4 Å². The summed E-state index contributed by atoms with van der Waals surface area (Å²) in [5.74, 6) is 0.754. The average Bonchev–Trinajstić information content (AvgIpc) is 2.92. The van der Waals surface area contributed by atoms with Gasteiger partial charge in [0.2, 0.25) is 0 Å². The van der Waals surface area contributed by atoms with Crippen LogP contribution in [0.2, 0.25) is 0 Å². The number of aromatic nitrogens is 4. The number of hydrogen-bond acceptors (Lipinski definition) is 7. The van der Waals surface area contributed by atoms with E-state index in [4.69, 9.17) is 10.5 Å². The van der Waals surface area contributed by atoms with E-state index in [1.54, 1.807) is 25.3 Å². The summed E-state index contributed by atoms with van der Waals surface area (Å²) in [4.78, 5) is 28.7. The number of anilines is 1. The molecule has 0 aromatic carbocycles. The quantitative estimate of drug-likeness (QED) is 0.725. The zero-order valence-corrected chi connectivity index (χ0v) is 12.7. The molecule has 0 fully saturated rings. The van der Waals surface area contributed by atoms with Gasteiger partial charge in [0, 0.05) is 12.3 Å². The summed E-state index contributed by atoms with van der Waals surface area (Å²) in [5, 5.41) is 4.77. The lowest BCUT2D eigenvalue weighted by atomic mass is 10.2. The molecule has 2 aromatic rings. The molecule has 9 heteroatoms. The highest BCUT2D eigenvalue weighted by atomic mass is 32.2. The van der Waals surface area contributed by atoms with Crippen LogP contribution in [-0.2, 0) is 11.3 Å². The molecule has 3 rings (SSSR count). The number of rotatable bonds is 0. The molecule has 2 N–H and O–H groups in total. The highest BCUT2D eigenvalue weighted by Crippen LogP contribution is 2.25. The Morgan fingerprint density at radius 2 is 2.14 bits per heavy atom. The summed E-state index contributed by atoms with van der Waals surface area (Å²) in [6.07, 6.45) is -0.727. The smallest absolute Gasteiger partial charge is 0.437 e. The minimum absolute atomic E-state index is 0.0380. The van der Waals surface area contributed by atoms with Crippen molar-refractivity contribution in [1.82, 2.24) is 19.3 Å². The fourth-order valence-electron chi connectivity index (χ4n) is 2.06. The predicted octanol–water partition coefficient (Wildman–Crippen LogP) is 1.06. The minimum atomic E-state index is -0.727. The Bertz CT molecular complexity index is 802. The second kappa shape index (κ2) is 4.48. The Balaban J connectivity index is 2.15. The van der Waals surface area contributed by atoms with E-state index in [2.05, 4.69) is 10.1 Å². The number of thioether (sulfide) groups is 1. The average molecular weight is 309 g/mol. The maximum Gasteiger partial charge on any atom is 0.437 e. The van der Waals surface area contributed by atoms with Crippen LogP contribution in [0.1, 0.15) is 20.8 Å². The molecule has 0 atom stereocenters. The molecule has 0 bridgehead atoms. The van der Waals surface area contributed by atoms with Crippen LogP contribution >= 0.6 is 11.8 Å². The van der Waals surface area contributed by atoms with Crippen molar-refractivity contribution in [2.75, 3.05) is 11.5 Å². The lowest BCUT2D eigenvalue weighted by molar-refractivity contribution is 0.0520. The Morgan fingerprint density at radius 1 is 1.43 bits per heavy atom. The van der Waals surface area contributed by atoms with Gasteiger partial charge in [-0.3, -0.25) is 9.36 Å².